The predicted molar refractivity (Wildman–Crippen MR) is 81.2 cm³/mol. The van der Waals surface area contributed by atoms with E-state index in [1.54, 1.807) is 10.9 Å². The van der Waals surface area contributed by atoms with Crippen molar-refractivity contribution in [3.63, 3.8) is 0 Å². The molecule has 0 saturated carbocycles. The molecule has 0 fully saturated rings. The third-order valence-electron chi connectivity index (χ3n) is 2.83. The minimum Gasteiger partial charge on any atom is -0.616 e. The van der Waals surface area contributed by atoms with E-state index in [9.17, 15) is 4.55 Å². The Morgan fingerprint density at radius 2 is 2.25 bits per heavy atom. The summed E-state index contributed by atoms with van der Waals surface area (Å²) >= 11 is 5.02. The fourth-order valence-corrected chi connectivity index (χ4v) is 2.69. The highest BCUT2D eigenvalue weighted by molar-refractivity contribution is 7.89. The Morgan fingerprint density at radius 1 is 1.55 bits per heavy atom. The van der Waals surface area contributed by atoms with Crippen LogP contribution in [0.15, 0.2) is 17.2 Å². The maximum absolute atomic E-state index is 11.3. The van der Waals surface area contributed by atoms with E-state index in [1.807, 2.05) is 31.0 Å². The van der Waals surface area contributed by atoms with Gasteiger partial charge in [-0.25, -0.2) is 4.98 Å². The Labute approximate surface area is 126 Å². The zero-order valence-corrected chi connectivity index (χ0v) is 13.3. The van der Waals surface area contributed by atoms with Crippen molar-refractivity contribution in [1.82, 2.24) is 19.7 Å². The monoisotopic (exact) mass is 315 g/mol. The van der Waals surface area contributed by atoms with Crippen molar-refractivity contribution in [2.24, 2.45) is 5.73 Å². The first kappa shape index (κ1) is 15.4. The predicted octanol–water partition coefficient (Wildman–Crippen LogP) is 1.04. The van der Waals surface area contributed by atoms with Gasteiger partial charge in [0.1, 0.15) is 5.82 Å². The van der Waals surface area contributed by atoms with Crippen LogP contribution in [0, 0.1) is 0 Å². The van der Waals surface area contributed by atoms with Crippen molar-refractivity contribution in [2.75, 3.05) is 19.8 Å². The first-order valence-electron chi connectivity index (χ1n) is 6.17. The molecule has 0 spiro atoms. The Hall–Kier alpha value is -1.02. The molecule has 110 valence electrons. The topological polar surface area (TPSA) is 83.0 Å². The van der Waals surface area contributed by atoms with E-state index in [0.29, 0.717) is 23.9 Å². The number of likely N-dealkylation sites (N-methyl/N-ethyl adjacent to an activating group) is 1. The molecular formula is C12H18ClN5OS. The number of nitrogens with zero attached hydrogens (tertiary/aromatic N) is 4. The number of hydrogen-bond donors (Lipinski definition) is 1. The third-order valence-corrected chi connectivity index (χ3v) is 3.74. The van der Waals surface area contributed by atoms with E-state index in [1.165, 1.54) is 0 Å². The van der Waals surface area contributed by atoms with Crippen LogP contribution in [-0.2, 0) is 16.9 Å². The Bertz CT molecular complexity index is 552. The van der Waals surface area contributed by atoms with Gasteiger partial charge in [0, 0.05) is 12.1 Å². The van der Waals surface area contributed by atoms with E-state index in [-0.39, 0.29) is 6.04 Å². The molecule has 2 rings (SSSR count). The quantitative estimate of drug-likeness (QED) is 0.839. The van der Waals surface area contributed by atoms with Crippen LogP contribution >= 0.6 is 11.6 Å². The molecule has 0 aliphatic carbocycles. The van der Waals surface area contributed by atoms with E-state index >= 15 is 0 Å². The van der Waals surface area contributed by atoms with Gasteiger partial charge in [-0.3, -0.25) is 0 Å². The minimum atomic E-state index is -0.989. The summed E-state index contributed by atoms with van der Waals surface area (Å²) in [5, 5.41) is 5.18. The summed E-state index contributed by atoms with van der Waals surface area (Å²) in [5.41, 5.74) is 5.95. The largest absolute Gasteiger partial charge is 0.616 e. The molecule has 0 radical (unpaired) electrons. The van der Waals surface area contributed by atoms with Crippen LogP contribution in [-0.4, -0.2) is 44.1 Å². The second kappa shape index (κ2) is 6.17. The van der Waals surface area contributed by atoms with Gasteiger partial charge in [-0.1, -0.05) is 11.6 Å². The average Bonchev–Trinajstić information content (AvgIpc) is 2.71. The second-order valence-electron chi connectivity index (χ2n) is 4.80. The summed E-state index contributed by atoms with van der Waals surface area (Å²) in [5.74, 6) is 2.35. The summed E-state index contributed by atoms with van der Waals surface area (Å²) in [6.45, 7) is 2.46. The summed E-state index contributed by atoms with van der Waals surface area (Å²) in [4.78, 5) is 6.36. The van der Waals surface area contributed by atoms with Crippen molar-refractivity contribution >= 4 is 28.6 Å². The SMILES string of the molecule is CC(N)c1nc(C[S+](C)[O-])nn1C1=CC=C(Cl)CN1C. The van der Waals surface area contributed by atoms with Gasteiger partial charge in [-0.05, 0) is 30.3 Å². The second-order valence-corrected chi connectivity index (χ2v) is 6.72. The van der Waals surface area contributed by atoms with Crippen molar-refractivity contribution in [1.29, 1.82) is 0 Å². The smallest absolute Gasteiger partial charge is 0.200 e. The van der Waals surface area contributed by atoms with E-state index in [2.05, 4.69) is 10.1 Å². The highest BCUT2D eigenvalue weighted by atomic mass is 35.5. The van der Waals surface area contributed by atoms with Crippen molar-refractivity contribution < 1.29 is 4.55 Å². The summed E-state index contributed by atoms with van der Waals surface area (Å²) in [6, 6.07) is -0.266. The highest BCUT2D eigenvalue weighted by Crippen LogP contribution is 2.22. The fraction of sp³-hybridized carbons (Fsp3) is 0.500. The lowest BCUT2D eigenvalue weighted by Gasteiger charge is -2.25. The molecule has 1 aliphatic heterocycles. The van der Waals surface area contributed by atoms with Crippen LogP contribution in [0.1, 0.15) is 24.6 Å². The number of nitrogens with two attached hydrogens (primary N) is 1. The van der Waals surface area contributed by atoms with Crippen LogP contribution in [0.5, 0.6) is 0 Å². The molecule has 2 unspecified atom stereocenters. The van der Waals surface area contributed by atoms with Crippen molar-refractivity contribution in [3.8, 4) is 0 Å². The molecule has 1 aromatic rings. The molecule has 0 saturated heterocycles. The average molecular weight is 316 g/mol. The lowest BCUT2D eigenvalue weighted by atomic mass is 10.3. The molecule has 2 N–H and O–H groups in total. The third kappa shape index (κ3) is 3.35. The van der Waals surface area contributed by atoms with E-state index < -0.39 is 11.2 Å². The van der Waals surface area contributed by atoms with Crippen molar-refractivity contribution in [2.45, 2.75) is 18.7 Å². The van der Waals surface area contributed by atoms with Gasteiger partial charge < -0.3 is 15.2 Å². The first-order valence-corrected chi connectivity index (χ1v) is 8.28. The molecule has 20 heavy (non-hydrogen) atoms. The Morgan fingerprint density at radius 3 is 2.80 bits per heavy atom. The van der Waals surface area contributed by atoms with Crippen LogP contribution in [0.3, 0.4) is 0 Å². The molecule has 1 aromatic heterocycles. The van der Waals surface area contributed by atoms with Gasteiger partial charge in [0.05, 0.1) is 18.8 Å². The molecule has 1 aliphatic rings. The number of rotatable bonds is 4. The van der Waals surface area contributed by atoms with Gasteiger partial charge in [0.15, 0.2) is 11.6 Å². The Kier molecular flexibility index (Phi) is 4.74. The molecule has 6 nitrogen and oxygen atoms in total. The number of hydrogen-bond acceptors (Lipinski definition) is 5. The maximum atomic E-state index is 11.3. The molecule has 2 atom stereocenters. The lowest BCUT2D eigenvalue weighted by molar-refractivity contribution is 0.476. The minimum absolute atomic E-state index is 0.266. The summed E-state index contributed by atoms with van der Waals surface area (Å²) in [7, 11) is 1.92. The molecule has 8 heteroatoms. The van der Waals surface area contributed by atoms with Gasteiger partial charge in [0.2, 0.25) is 5.82 Å². The maximum Gasteiger partial charge on any atom is 0.200 e. The Balaban J connectivity index is 2.42. The van der Waals surface area contributed by atoms with Crippen LogP contribution in [0.2, 0.25) is 0 Å². The number of aromatic nitrogens is 3. The lowest BCUT2D eigenvalue weighted by Crippen LogP contribution is -2.27. The van der Waals surface area contributed by atoms with E-state index in [4.69, 9.17) is 17.3 Å². The van der Waals surface area contributed by atoms with Crippen LogP contribution in [0.4, 0.5) is 0 Å². The first-order chi connectivity index (χ1) is 9.38. The molecular weight excluding hydrogens is 298 g/mol. The number of allylic oxidation sites excluding steroid dienone is 2. The van der Waals surface area contributed by atoms with Gasteiger partial charge in [-0.15, -0.1) is 5.10 Å². The van der Waals surface area contributed by atoms with Crippen LogP contribution in [0.25, 0.3) is 5.82 Å². The molecule has 2 heterocycles. The normalized spacial score (nSPS) is 18.6. The highest BCUT2D eigenvalue weighted by Gasteiger charge is 2.21. The fourth-order valence-electron chi connectivity index (χ4n) is 1.96. The standard InChI is InChI=1S/C12H18ClN5OS/c1-8(14)12-15-10(7-20(3)19)16-18(12)11-5-4-9(13)6-17(11)2/h4-5,8H,6-7,14H2,1-3H3. The van der Waals surface area contributed by atoms with Crippen molar-refractivity contribution in [3.05, 3.63) is 28.8 Å². The van der Waals surface area contributed by atoms with Crippen LogP contribution < -0.4 is 5.73 Å². The van der Waals surface area contributed by atoms with E-state index in [0.717, 1.165) is 10.9 Å². The zero-order valence-electron chi connectivity index (χ0n) is 11.7. The van der Waals surface area contributed by atoms with Gasteiger partial charge in [0.25, 0.3) is 0 Å². The summed E-state index contributed by atoms with van der Waals surface area (Å²) < 4.78 is 13.0. The number of halogens is 1. The summed E-state index contributed by atoms with van der Waals surface area (Å²) in [6.07, 6.45) is 5.33. The van der Waals surface area contributed by atoms with Gasteiger partial charge >= 0.3 is 0 Å². The molecule has 0 aromatic carbocycles. The molecule has 0 bridgehead atoms. The molecule has 0 amide bonds. The zero-order chi connectivity index (χ0) is 14.9. The van der Waals surface area contributed by atoms with Gasteiger partial charge in [-0.2, -0.15) is 4.68 Å².